The molecule has 1 aromatic rings. The molecule has 0 radical (unpaired) electrons. The second-order valence-electron chi connectivity index (χ2n) is 4.28. The summed E-state index contributed by atoms with van der Waals surface area (Å²) in [7, 11) is 0. The molecule has 18 heavy (non-hydrogen) atoms. The Hall–Kier alpha value is -0.850. The number of aromatic nitrogens is 2. The minimum absolute atomic E-state index is 0.227. The summed E-state index contributed by atoms with van der Waals surface area (Å²) in [5, 5.41) is 22.1. The number of aliphatic hydroxyl groups is 2. The first-order chi connectivity index (χ1) is 8.56. The average Bonchev–Trinajstić information content (AvgIpc) is 2.36. The van der Waals surface area contributed by atoms with Crippen LogP contribution in [0, 0.1) is 0 Å². The van der Waals surface area contributed by atoms with Gasteiger partial charge in [0.15, 0.2) is 0 Å². The van der Waals surface area contributed by atoms with E-state index in [0.717, 1.165) is 23.2 Å². The van der Waals surface area contributed by atoms with Gasteiger partial charge < -0.3 is 15.5 Å². The Morgan fingerprint density at radius 3 is 2.67 bits per heavy atom. The monoisotopic (exact) mass is 271 g/mol. The average molecular weight is 271 g/mol. The van der Waals surface area contributed by atoms with Crippen LogP contribution in [0.1, 0.15) is 32.5 Å². The molecule has 102 valence electrons. The van der Waals surface area contributed by atoms with Crippen LogP contribution in [0.25, 0.3) is 0 Å². The van der Waals surface area contributed by atoms with E-state index in [1.165, 1.54) is 11.8 Å². The number of hydrogen-bond acceptors (Lipinski definition) is 6. The Kier molecular flexibility index (Phi) is 6.38. The maximum absolute atomic E-state index is 9.34. The van der Waals surface area contributed by atoms with E-state index >= 15 is 0 Å². The van der Waals surface area contributed by atoms with Gasteiger partial charge in [0.2, 0.25) is 0 Å². The molecule has 3 N–H and O–H groups in total. The molecule has 6 heteroatoms. The molecule has 0 bridgehead atoms. The van der Waals surface area contributed by atoms with Gasteiger partial charge in [-0.25, -0.2) is 9.97 Å². The molecule has 1 unspecified atom stereocenters. The van der Waals surface area contributed by atoms with Gasteiger partial charge in [0, 0.05) is 24.3 Å². The molecule has 0 saturated heterocycles. The molecule has 0 amide bonds. The molecule has 0 aromatic carbocycles. The SMILES string of the molecule is CCNc1cc(SCC(O)CO)nc(C(C)C)n1. The Bertz CT molecular complexity index is 374. The molecule has 1 atom stereocenters. The zero-order valence-corrected chi connectivity index (χ0v) is 11.9. The maximum Gasteiger partial charge on any atom is 0.134 e. The van der Waals surface area contributed by atoms with Crippen molar-refractivity contribution in [3.8, 4) is 0 Å². The molecule has 0 aliphatic rings. The minimum Gasteiger partial charge on any atom is -0.394 e. The van der Waals surface area contributed by atoms with Crippen molar-refractivity contribution in [2.45, 2.75) is 37.8 Å². The third kappa shape index (κ3) is 4.80. The fourth-order valence-electron chi connectivity index (χ4n) is 1.28. The molecular formula is C12H21N3O2S. The predicted molar refractivity (Wildman–Crippen MR) is 74.1 cm³/mol. The molecule has 0 aliphatic carbocycles. The molecule has 1 heterocycles. The van der Waals surface area contributed by atoms with Crippen LogP contribution in [0.4, 0.5) is 5.82 Å². The molecule has 0 saturated carbocycles. The molecule has 0 aliphatic heterocycles. The number of rotatable bonds is 7. The van der Waals surface area contributed by atoms with Crippen LogP contribution in [0.3, 0.4) is 0 Å². The quantitative estimate of drug-likeness (QED) is 0.515. The van der Waals surface area contributed by atoms with Crippen molar-refractivity contribution < 1.29 is 10.2 Å². The summed E-state index contributed by atoms with van der Waals surface area (Å²) in [5.74, 6) is 2.27. The predicted octanol–water partition coefficient (Wildman–Crippen LogP) is 1.48. The number of anilines is 1. The Labute approximate surface area is 112 Å². The second-order valence-corrected chi connectivity index (χ2v) is 5.32. The second kappa shape index (κ2) is 7.56. The molecule has 0 spiro atoms. The Morgan fingerprint density at radius 1 is 1.39 bits per heavy atom. The van der Waals surface area contributed by atoms with Gasteiger partial charge in [0.25, 0.3) is 0 Å². The lowest BCUT2D eigenvalue weighted by molar-refractivity contribution is 0.113. The minimum atomic E-state index is -0.713. The normalized spacial score (nSPS) is 12.8. The third-order valence-electron chi connectivity index (χ3n) is 2.23. The van der Waals surface area contributed by atoms with Crippen LogP contribution in [-0.2, 0) is 0 Å². The highest BCUT2D eigenvalue weighted by atomic mass is 32.2. The third-order valence-corrected chi connectivity index (χ3v) is 3.28. The summed E-state index contributed by atoms with van der Waals surface area (Å²) < 4.78 is 0. The van der Waals surface area contributed by atoms with Gasteiger partial charge >= 0.3 is 0 Å². The van der Waals surface area contributed by atoms with Crippen molar-refractivity contribution in [3.63, 3.8) is 0 Å². The van der Waals surface area contributed by atoms with Crippen LogP contribution >= 0.6 is 11.8 Å². The smallest absolute Gasteiger partial charge is 0.134 e. The van der Waals surface area contributed by atoms with Crippen LogP contribution in [0.5, 0.6) is 0 Å². The van der Waals surface area contributed by atoms with Crippen LogP contribution in [-0.4, -0.2) is 45.2 Å². The standard InChI is InChI=1S/C12H21N3O2S/c1-4-13-10-5-11(18-7-9(17)6-16)15-12(14-10)8(2)3/h5,8-9,16-17H,4,6-7H2,1-3H3,(H,13,14,15). The molecule has 5 nitrogen and oxygen atoms in total. The van der Waals surface area contributed by atoms with Crippen LogP contribution in [0.15, 0.2) is 11.1 Å². The summed E-state index contributed by atoms with van der Waals surface area (Å²) in [6.07, 6.45) is -0.713. The summed E-state index contributed by atoms with van der Waals surface area (Å²) in [5.41, 5.74) is 0. The molecule has 1 aromatic heterocycles. The maximum atomic E-state index is 9.34. The molecule has 1 rings (SSSR count). The number of hydrogen-bond donors (Lipinski definition) is 3. The van der Waals surface area contributed by atoms with Crippen molar-refractivity contribution >= 4 is 17.6 Å². The van der Waals surface area contributed by atoms with Crippen molar-refractivity contribution in [3.05, 3.63) is 11.9 Å². The van der Waals surface area contributed by atoms with Crippen LogP contribution in [0.2, 0.25) is 0 Å². The Balaban J connectivity index is 2.82. The lowest BCUT2D eigenvalue weighted by atomic mass is 10.2. The zero-order valence-electron chi connectivity index (χ0n) is 11.1. The van der Waals surface area contributed by atoms with Crippen molar-refractivity contribution in [2.24, 2.45) is 0 Å². The van der Waals surface area contributed by atoms with Gasteiger partial charge in [-0.05, 0) is 6.92 Å². The zero-order chi connectivity index (χ0) is 13.5. The largest absolute Gasteiger partial charge is 0.394 e. The van der Waals surface area contributed by atoms with E-state index < -0.39 is 6.10 Å². The van der Waals surface area contributed by atoms with Crippen molar-refractivity contribution in [1.29, 1.82) is 0 Å². The number of thioether (sulfide) groups is 1. The van der Waals surface area contributed by atoms with E-state index in [9.17, 15) is 5.11 Å². The van der Waals surface area contributed by atoms with Gasteiger partial charge in [-0.3, -0.25) is 0 Å². The first kappa shape index (κ1) is 15.2. The van der Waals surface area contributed by atoms with E-state index in [0.29, 0.717) is 5.75 Å². The van der Waals surface area contributed by atoms with Crippen molar-refractivity contribution in [2.75, 3.05) is 24.2 Å². The molecular weight excluding hydrogens is 250 g/mol. The van der Waals surface area contributed by atoms with Gasteiger partial charge in [0.1, 0.15) is 16.7 Å². The highest BCUT2D eigenvalue weighted by Crippen LogP contribution is 2.22. The van der Waals surface area contributed by atoms with Crippen molar-refractivity contribution in [1.82, 2.24) is 9.97 Å². The Morgan fingerprint density at radius 2 is 2.11 bits per heavy atom. The number of aliphatic hydroxyl groups excluding tert-OH is 2. The highest BCUT2D eigenvalue weighted by molar-refractivity contribution is 7.99. The van der Waals surface area contributed by atoms with E-state index in [-0.39, 0.29) is 12.5 Å². The van der Waals surface area contributed by atoms with Gasteiger partial charge in [-0.15, -0.1) is 11.8 Å². The lowest BCUT2D eigenvalue weighted by Gasteiger charge is -2.11. The van der Waals surface area contributed by atoms with Gasteiger partial charge in [0.05, 0.1) is 12.7 Å². The van der Waals surface area contributed by atoms with Crippen LogP contribution < -0.4 is 5.32 Å². The first-order valence-corrected chi connectivity index (χ1v) is 7.10. The first-order valence-electron chi connectivity index (χ1n) is 6.11. The lowest BCUT2D eigenvalue weighted by Crippen LogP contribution is -2.15. The number of nitrogens with zero attached hydrogens (tertiary/aromatic N) is 2. The van der Waals surface area contributed by atoms with E-state index in [2.05, 4.69) is 15.3 Å². The topological polar surface area (TPSA) is 78.3 Å². The summed E-state index contributed by atoms with van der Waals surface area (Å²) in [6.45, 7) is 6.68. The summed E-state index contributed by atoms with van der Waals surface area (Å²) in [4.78, 5) is 8.86. The molecule has 0 fully saturated rings. The van der Waals surface area contributed by atoms with E-state index in [4.69, 9.17) is 5.11 Å². The fourth-order valence-corrected chi connectivity index (χ4v) is 2.10. The highest BCUT2D eigenvalue weighted by Gasteiger charge is 2.10. The summed E-state index contributed by atoms with van der Waals surface area (Å²) in [6, 6.07) is 1.87. The van der Waals surface area contributed by atoms with E-state index in [1.807, 2.05) is 26.8 Å². The number of nitrogens with one attached hydrogen (secondary N) is 1. The van der Waals surface area contributed by atoms with Gasteiger partial charge in [-0.2, -0.15) is 0 Å². The van der Waals surface area contributed by atoms with E-state index in [1.54, 1.807) is 0 Å². The summed E-state index contributed by atoms with van der Waals surface area (Å²) >= 11 is 1.42. The van der Waals surface area contributed by atoms with Gasteiger partial charge in [-0.1, -0.05) is 13.8 Å². The fraction of sp³-hybridized carbons (Fsp3) is 0.667.